The molecule has 2 N–H and O–H groups in total. The van der Waals surface area contributed by atoms with Crippen molar-refractivity contribution in [1.29, 1.82) is 0 Å². The highest BCUT2D eigenvalue weighted by atomic mass is 79.9. The van der Waals surface area contributed by atoms with Gasteiger partial charge >= 0.3 is 0 Å². The molecule has 0 saturated carbocycles. The zero-order valence-corrected chi connectivity index (χ0v) is 21.5. The molecule has 3 rings (SSSR count). The molecule has 1 aliphatic rings. The Balaban J connectivity index is 1.51. The van der Waals surface area contributed by atoms with Gasteiger partial charge in [0, 0.05) is 36.4 Å². The fourth-order valence-electron chi connectivity index (χ4n) is 4.11. The molecule has 10 heteroatoms. The molecular formula is C24H33BrN6O3. The lowest BCUT2D eigenvalue weighted by molar-refractivity contribution is -0.128. The van der Waals surface area contributed by atoms with Crippen LogP contribution in [-0.2, 0) is 20.8 Å². The number of aryl methyl sites for hydroxylation is 1. The summed E-state index contributed by atoms with van der Waals surface area (Å²) in [4.78, 5) is 38.8. The van der Waals surface area contributed by atoms with E-state index in [9.17, 15) is 14.4 Å². The molecule has 9 nitrogen and oxygen atoms in total. The van der Waals surface area contributed by atoms with E-state index in [0.717, 1.165) is 28.7 Å². The first-order valence-corrected chi connectivity index (χ1v) is 12.6. The van der Waals surface area contributed by atoms with E-state index in [1.807, 2.05) is 44.3 Å². The van der Waals surface area contributed by atoms with Crippen molar-refractivity contribution in [2.24, 2.45) is 5.92 Å². The number of halogens is 1. The summed E-state index contributed by atoms with van der Waals surface area (Å²) in [5.74, 6) is -0.0759. The Morgan fingerprint density at radius 2 is 1.97 bits per heavy atom. The van der Waals surface area contributed by atoms with Crippen LogP contribution in [0.2, 0.25) is 0 Å². The molecule has 2 aromatic rings. The van der Waals surface area contributed by atoms with Gasteiger partial charge < -0.3 is 15.5 Å². The maximum atomic E-state index is 13.1. The summed E-state index contributed by atoms with van der Waals surface area (Å²) < 4.78 is 2.64. The number of hydrogen-bond acceptors (Lipinski definition) is 5. The van der Waals surface area contributed by atoms with Gasteiger partial charge in [-0.25, -0.2) is 4.68 Å². The van der Waals surface area contributed by atoms with Crippen LogP contribution in [0, 0.1) is 5.92 Å². The quantitative estimate of drug-likeness (QED) is 0.457. The first kappa shape index (κ1) is 25.9. The molecule has 0 spiro atoms. The van der Waals surface area contributed by atoms with Crippen molar-refractivity contribution < 1.29 is 14.4 Å². The van der Waals surface area contributed by atoms with E-state index in [4.69, 9.17) is 0 Å². The minimum Gasteiger partial charge on any atom is -0.354 e. The van der Waals surface area contributed by atoms with Crippen LogP contribution in [0.25, 0.3) is 0 Å². The zero-order valence-electron chi connectivity index (χ0n) is 20.0. The van der Waals surface area contributed by atoms with Crippen LogP contribution in [0.3, 0.4) is 0 Å². The van der Waals surface area contributed by atoms with Crippen LogP contribution in [-0.4, -0.2) is 51.8 Å². The molecule has 1 unspecified atom stereocenters. The summed E-state index contributed by atoms with van der Waals surface area (Å²) in [7, 11) is 0. The van der Waals surface area contributed by atoms with Crippen molar-refractivity contribution in [1.82, 2.24) is 25.6 Å². The molecule has 34 heavy (non-hydrogen) atoms. The lowest BCUT2D eigenvalue weighted by Gasteiger charge is -2.32. The maximum absolute atomic E-state index is 13.1. The fraction of sp³-hybridized carbons (Fsp3) is 0.542. The molecule has 1 aromatic heterocycles. The van der Waals surface area contributed by atoms with Crippen molar-refractivity contribution in [2.75, 3.05) is 18.0 Å². The highest BCUT2D eigenvalue weighted by Crippen LogP contribution is 2.28. The van der Waals surface area contributed by atoms with Crippen molar-refractivity contribution in [2.45, 2.75) is 65.0 Å². The van der Waals surface area contributed by atoms with Gasteiger partial charge in [0.1, 0.15) is 12.1 Å². The minimum atomic E-state index is -0.524. The number of carbonyl (C=O) groups excluding carboxylic acids is 3. The maximum Gasteiger partial charge on any atom is 0.251 e. The van der Waals surface area contributed by atoms with Gasteiger partial charge in [0.2, 0.25) is 11.8 Å². The highest BCUT2D eigenvalue weighted by molar-refractivity contribution is 9.10. The second kappa shape index (κ2) is 12.1. The second-order valence-corrected chi connectivity index (χ2v) is 10.0. The van der Waals surface area contributed by atoms with Crippen molar-refractivity contribution in [3.63, 3.8) is 0 Å². The topological polar surface area (TPSA) is 109 Å². The molecule has 1 saturated heterocycles. The number of piperidine rings is 1. The molecule has 0 radical (unpaired) electrons. The number of carbonyl (C=O) groups is 3. The third kappa shape index (κ3) is 7.12. The van der Waals surface area contributed by atoms with Gasteiger partial charge in [0.15, 0.2) is 0 Å². The Morgan fingerprint density at radius 1 is 1.24 bits per heavy atom. The van der Waals surface area contributed by atoms with Crippen LogP contribution >= 0.6 is 15.9 Å². The fourth-order valence-corrected chi connectivity index (χ4v) is 4.38. The summed E-state index contributed by atoms with van der Waals surface area (Å²) >= 11 is 3.43. The van der Waals surface area contributed by atoms with Crippen LogP contribution in [0.5, 0.6) is 0 Å². The van der Waals surface area contributed by atoms with E-state index in [-0.39, 0.29) is 23.8 Å². The molecular weight excluding hydrogens is 500 g/mol. The third-order valence-electron chi connectivity index (χ3n) is 5.74. The van der Waals surface area contributed by atoms with Crippen molar-refractivity contribution >= 4 is 39.3 Å². The van der Waals surface area contributed by atoms with Gasteiger partial charge in [-0.1, -0.05) is 35.0 Å². The van der Waals surface area contributed by atoms with Gasteiger partial charge in [-0.3, -0.25) is 14.4 Å². The van der Waals surface area contributed by atoms with E-state index < -0.39 is 6.04 Å². The SMILES string of the molecule is CC(=O)N[C@H](CC(C)C)C(=O)NCCCc1cn(C2CCCN(c3ccc(Br)cc3)C2=O)nn1. The number of amides is 3. The third-order valence-corrected chi connectivity index (χ3v) is 6.26. The Morgan fingerprint density at radius 3 is 2.65 bits per heavy atom. The van der Waals surface area contributed by atoms with Gasteiger partial charge in [-0.2, -0.15) is 0 Å². The van der Waals surface area contributed by atoms with Crippen LogP contribution < -0.4 is 15.5 Å². The predicted molar refractivity (Wildman–Crippen MR) is 133 cm³/mol. The zero-order chi connectivity index (χ0) is 24.7. The molecule has 0 aliphatic carbocycles. The number of aromatic nitrogens is 3. The molecule has 2 atom stereocenters. The molecule has 0 bridgehead atoms. The lowest BCUT2D eigenvalue weighted by Crippen LogP contribution is -2.47. The largest absolute Gasteiger partial charge is 0.354 e. The highest BCUT2D eigenvalue weighted by Gasteiger charge is 2.32. The number of hydrogen-bond donors (Lipinski definition) is 2. The van der Waals surface area contributed by atoms with Gasteiger partial charge in [0.05, 0.1) is 5.69 Å². The average Bonchev–Trinajstić information content (AvgIpc) is 3.25. The number of anilines is 1. The molecule has 184 valence electrons. The summed E-state index contributed by atoms with van der Waals surface area (Å²) in [5, 5.41) is 14.1. The van der Waals surface area contributed by atoms with E-state index in [1.54, 1.807) is 9.58 Å². The first-order chi connectivity index (χ1) is 16.2. The minimum absolute atomic E-state index is 0.0199. The predicted octanol–water partition coefficient (Wildman–Crippen LogP) is 3.01. The number of nitrogens with zero attached hydrogens (tertiary/aromatic N) is 4. The molecule has 2 heterocycles. The second-order valence-electron chi connectivity index (χ2n) is 9.09. The average molecular weight is 533 g/mol. The number of nitrogens with one attached hydrogen (secondary N) is 2. The summed E-state index contributed by atoms with van der Waals surface area (Å²) in [6.07, 6.45) is 5.35. The Bertz CT molecular complexity index is 991. The van der Waals surface area contributed by atoms with E-state index >= 15 is 0 Å². The van der Waals surface area contributed by atoms with Crippen molar-refractivity contribution in [3.8, 4) is 0 Å². The van der Waals surface area contributed by atoms with Gasteiger partial charge in [-0.15, -0.1) is 5.10 Å². The van der Waals surface area contributed by atoms with E-state index in [1.165, 1.54) is 6.92 Å². The molecule has 1 aliphatic heterocycles. The lowest BCUT2D eigenvalue weighted by atomic mass is 10.0. The molecule has 1 fully saturated rings. The summed E-state index contributed by atoms with van der Waals surface area (Å²) in [6.45, 7) is 6.61. The monoisotopic (exact) mass is 532 g/mol. The standard InChI is InChI=1S/C24H33BrN6O3/c1-16(2)14-21(27-17(3)32)23(33)26-12-4-6-19-15-31(29-28-19)22-7-5-13-30(24(22)34)20-10-8-18(25)9-11-20/h8-11,15-16,21-22H,4-7,12-14H2,1-3H3,(H,26,33)(H,27,32)/t21-,22?/m1/s1. The smallest absolute Gasteiger partial charge is 0.251 e. The molecule has 1 aromatic carbocycles. The van der Waals surface area contributed by atoms with E-state index in [2.05, 4.69) is 36.9 Å². The van der Waals surface area contributed by atoms with Crippen LogP contribution in [0.1, 0.15) is 58.2 Å². The summed E-state index contributed by atoms with van der Waals surface area (Å²) in [5.41, 5.74) is 1.66. The van der Waals surface area contributed by atoms with Crippen LogP contribution in [0.15, 0.2) is 34.9 Å². The Hall–Kier alpha value is -2.75. The first-order valence-electron chi connectivity index (χ1n) is 11.8. The number of benzene rings is 1. The Kier molecular flexibility index (Phi) is 9.20. The van der Waals surface area contributed by atoms with Crippen molar-refractivity contribution in [3.05, 3.63) is 40.6 Å². The normalized spacial score (nSPS) is 17.0. The van der Waals surface area contributed by atoms with E-state index in [0.29, 0.717) is 38.3 Å². The summed E-state index contributed by atoms with van der Waals surface area (Å²) in [6, 6.07) is 6.84. The molecule has 3 amide bonds. The van der Waals surface area contributed by atoms with Gasteiger partial charge in [-0.05, 0) is 62.3 Å². The van der Waals surface area contributed by atoms with Gasteiger partial charge in [0.25, 0.3) is 5.91 Å². The number of rotatable bonds is 10. The Labute approximate surface area is 208 Å². The van der Waals surface area contributed by atoms with Crippen LogP contribution in [0.4, 0.5) is 5.69 Å².